The average molecular weight is 439 g/mol. The van der Waals surface area contributed by atoms with Crippen LogP contribution in [0.3, 0.4) is 0 Å². The van der Waals surface area contributed by atoms with E-state index in [-0.39, 0.29) is 10.8 Å². The Hall–Kier alpha value is -3.03. The molecule has 0 spiro atoms. The lowest BCUT2D eigenvalue weighted by Crippen LogP contribution is -2.37. The van der Waals surface area contributed by atoms with E-state index < -0.39 is 10.0 Å². The Morgan fingerprint density at radius 1 is 1.06 bits per heavy atom. The normalized spacial score (nSPS) is 18.2. The molecule has 3 heterocycles. The van der Waals surface area contributed by atoms with Crippen molar-refractivity contribution in [3.63, 3.8) is 0 Å². The van der Waals surface area contributed by atoms with Crippen molar-refractivity contribution in [2.24, 2.45) is 0 Å². The van der Waals surface area contributed by atoms with Gasteiger partial charge >= 0.3 is 0 Å². The number of hydrogen-bond donors (Lipinski definition) is 0. The van der Waals surface area contributed by atoms with E-state index in [1.165, 1.54) is 28.6 Å². The molecule has 5 rings (SSSR count). The summed E-state index contributed by atoms with van der Waals surface area (Å²) in [4.78, 5) is 9.00. The molecule has 2 fully saturated rings. The highest BCUT2D eigenvalue weighted by Crippen LogP contribution is 2.39. The van der Waals surface area contributed by atoms with Gasteiger partial charge in [-0.25, -0.2) is 13.4 Å². The maximum Gasteiger partial charge on any atom is 0.243 e. The van der Waals surface area contributed by atoms with Crippen LogP contribution >= 0.6 is 0 Å². The summed E-state index contributed by atoms with van der Waals surface area (Å²) in [6.45, 7) is 0.745. The molecule has 31 heavy (non-hydrogen) atoms. The first kappa shape index (κ1) is 19.9. The summed E-state index contributed by atoms with van der Waals surface area (Å²) in [6.07, 6.45) is 5.61. The standard InChI is InChI=1S/C21H21N5O4S/c22-12-14-1-5-18(6-2-14)31(27,28)26-9-7-16(8-10-26)21-24-19(25-30-21)11-17-13-23-20(29-17)15-3-4-15/h1-2,5-6,13,15-16H,3-4,7-11H2. The van der Waals surface area contributed by atoms with Gasteiger partial charge in [-0.05, 0) is 49.9 Å². The monoisotopic (exact) mass is 439 g/mol. The number of hydrogen-bond acceptors (Lipinski definition) is 8. The van der Waals surface area contributed by atoms with Crippen molar-refractivity contribution < 1.29 is 17.4 Å². The topological polar surface area (TPSA) is 126 Å². The molecule has 0 N–H and O–H groups in total. The van der Waals surface area contributed by atoms with Crippen LogP contribution in [0.25, 0.3) is 0 Å². The summed E-state index contributed by atoms with van der Waals surface area (Å²) in [5.74, 6) is 3.06. The fourth-order valence-electron chi connectivity index (χ4n) is 3.78. The fourth-order valence-corrected chi connectivity index (χ4v) is 5.25. The SMILES string of the molecule is N#Cc1ccc(S(=O)(=O)N2CCC(c3nc(Cc4cnc(C5CC5)o4)no3)CC2)cc1. The molecular weight excluding hydrogens is 418 g/mol. The number of sulfonamides is 1. The number of nitriles is 1. The minimum atomic E-state index is -3.59. The van der Waals surface area contributed by atoms with Gasteiger partial charge < -0.3 is 8.94 Å². The maximum absolute atomic E-state index is 12.9. The van der Waals surface area contributed by atoms with E-state index in [1.54, 1.807) is 6.20 Å². The minimum Gasteiger partial charge on any atom is -0.445 e. The van der Waals surface area contributed by atoms with Gasteiger partial charge in [-0.2, -0.15) is 14.6 Å². The van der Waals surface area contributed by atoms with E-state index >= 15 is 0 Å². The lowest BCUT2D eigenvalue weighted by Gasteiger charge is -2.29. The molecule has 0 unspecified atom stereocenters. The number of piperidine rings is 1. The van der Waals surface area contributed by atoms with Gasteiger partial charge in [0.05, 0.1) is 29.1 Å². The molecule has 2 aromatic heterocycles. The average Bonchev–Trinajstić information content (AvgIpc) is 3.37. The van der Waals surface area contributed by atoms with E-state index in [2.05, 4.69) is 15.1 Å². The maximum atomic E-state index is 12.9. The Balaban J connectivity index is 1.20. The predicted molar refractivity (Wildman–Crippen MR) is 107 cm³/mol. The number of benzene rings is 1. The van der Waals surface area contributed by atoms with Crippen LogP contribution in [0.1, 0.15) is 66.4 Å². The van der Waals surface area contributed by atoms with E-state index in [0.29, 0.717) is 55.5 Å². The molecule has 0 atom stereocenters. The van der Waals surface area contributed by atoms with Gasteiger partial charge in [0.25, 0.3) is 0 Å². The van der Waals surface area contributed by atoms with Crippen molar-refractivity contribution in [2.75, 3.05) is 13.1 Å². The molecule has 1 aliphatic heterocycles. The van der Waals surface area contributed by atoms with Crippen LogP contribution in [0.5, 0.6) is 0 Å². The van der Waals surface area contributed by atoms with E-state index in [0.717, 1.165) is 24.5 Å². The third-order valence-electron chi connectivity index (χ3n) is 5.74. The van der Waals surface area contributed by atoms with Crippen LogP contribution in [-0.4, -0.2) is 40.9 Å². The first-order chi connectivity index (χ1) is 15.0. The molecule has 160 valence electrons. The van der Waals surface area contributed by atoms with Crippen molar-refractivity contribution in [1.29, 1.82) is 5.26 Å². The second kappa shape index (κ2) is 7.90. The van der Waals surface area contributed by atoms with Crippen molar-refractivity contribution in [1.82, 2.24) is 19.4 Å². The molecule has 3 aromatic rings. The van der Waals surface area contributed by atoms with Gasteiger partial charge in [0, 0.05) is 24.9 Å². The third-order valence-corrected chi connectivity index (χ3v) is 7.65. The minimum absolute atomic E-state index is 0.0189. The highest BCUT2D eigenvalue weighted by atomic mass is 32.2. The molecule has 10 heteroatoms. The third kappa shape index (κ3) is 4.11. The number of oxazole rings is 1. The van der Waals surface area contributed by atoms with Crippen LogP contribution < -0.4 is 0 Å². The fraction of sp³-hybridized carbons (Fsp3) is 0.429. The summed E-state index contributed by atoms with van der Waals surface area (Å²) in [5.41, 5.74) is 0.430. The van der Waals surface area contributed by atoms with Gasteiger partial charge in [0.15, 0.2) is 11.7 Å². The number of rotatable bonds is 6. The smallest absolute Gasteiger partial charge is 0.243 e. The largest absolute Gasteiger partial charge is 0.445 e. The lowest BCUT2D eigenvalue weighted by molar-refractivity contribution is 0.270. The Morgan fingerprint density at radius 2 is 1.77 bits per heavy atom. The van der Waals surface area contributed by atoms with Crippen molar-refractivity contribution in [3.8, 4) is 6.07 Å². The molecule has 1 aromatic carbocycles. The molecule has 1 saturated heterocycles. The summed E-state index contributed by atoms with van der Waals surface area (Å²) in [6, 6.07) is 7.97. The van der Waals surface area contributed by atoms with Crippen molar-refractivity contribution >= 4 is 10.0 Å². The van der Waals surface area contributed by atoms with E-state index in [4.69, 9.17) is 14.2 Å². The highest BCUT2D eigenvalue weighted by molar-refractivity contribution is 7.89. The Labute approximate surface area is 179 Å². The van der Waals surface area contributed by atoms with Crippen molar-refractivity contribution in [3.05, 3.63) is 59.4 Å². The van der Waals surface area contributed by atoms with Crippen LogP contribution in [0, 0.1) is 11.3 Å². The zero-order valence-corrected chi connectivity index (χ0v) is 17.6. The quantitative estimate of drug-likeness (QED) is 0.574. The number of nitrogens with zero attached hydrogens (tertiary/aromatic N) is 5. The zero-order valence-electron chi connectivity index (χ0n) is 16.8. The van der Waals surface area contributed by atoms with Gasteiger partial charge in [-0.1, -0.05) is 5.16 Å². The molecule has 0 radical (unpaired) electrons. The second-order valence-electron chi connectivity index (χ2n) is 7.98. The predicted octanol–water partition coefficient (Wildman–Crippen LogP) is 2.97. The molecule has 2 aliphatic rings. The second-order valence-corrected chi connectivity index (χ2v) is 9.92. The summed E-state index contributed by atoms with van der Waals surface area (Å²) in [7, 11) is -3.59. The molecule has 9 nitrogen and oxygen atoms in total. The molecule has 0 bridgehead atoms. The van der Waals surface area contributed by atoms with Crippen LogP contribution in [0.2, 0.25) is 0 Å². The van der Waals surface area contributed by atoms with Crippen LogP contribution in [-0.2, 0) is 16.4 Å². The lowest BCUT2D eigenvalue weighted by atomic mass is 9.98. The van der Waals surface area contributed by atoms with Gasteiger partial charge in [-0.15, -0.1) is 0 Å². The zero-order chi connectivity index (χ0) is 21.4. The highest BCUT2D eigenvalue weighted by Gasteiger charge is 2.32. The van der Waals surface area contributed by atoms with Gasteiger partial charge in [0.2, 0.25) is 15.9 Å². The molecule has 1 aliphatic carbocycles. The van der Waals surface area contributed by atoms with Gasteiger partial charge in [-0.3, -0.25) is 0 Å². The van der Waals surface area contributed by atoms with Crippen LogP contribution in [0.4, 0.5) is 0 Å². The Morgan fingerprint density at radius 3 is 2.45 bits per heavy atom. The molecule has 1 saturated carbocycles. The molecule has 0 amide bonds. The Bertz CT molecular complexity index is 1210. The first-order valence-electron chi connectivity index (χ1n) is 10.3. The van der Waals surface area contributed by atoms with Crippen molar-refractivity contribution in [2.45, 2.75) is 48.8 Å². The summed E-state index contributed by atoms with van der Waals surface area (Å²) >= 11 is 0. The number of aromatic nitrogens is 3. The summed E-state index contributed by atoms with van der Waals surface area (Å²) < 4.78 is 38.4. The Kier molecular flexibility index (Phi) is 5.08. The summed E-state index contributed by atoms with van der Waals surface area (Å²) in [5, 5.41) is 12.9. The van der Waals surface area contributed by atoms with E-state index in [1.807, 2.05) is 6.07 Å². The van der Waals surface area contributed by atoms with E-state index in [9.17, 15) is 8.42 Å². The van der Waals surface area contributed by atoms with Crippen LogP contribution in [0.15, 0.2) is 44.3 Å². The molecular formula is C21H21N5O4S. The van der Waals surface area contributed by atoms with Gasteiger partial charge in [0.1, 0.15) is 5.76 Å². The first-order valence-corrected chi connectivity index (χ1v) is 11.7.